The third kappa shape index (κ3) is 10.4. The monoisotopic (exact) mass is 951 g/mol. The van der Waals surface area contributed by atoms with Crippen LogP contribution < -0.4 is 10.5 Å². The van der Waals surface area contributed by atoms with Crippen molar-refractivity contribution < 1.29 is 61.5 Å². The molecule has 18 heteroatoms. The van der Waals surface area contributed by atoms with Gasteiger partial charge in [0.2, 0.25) is 11.6 Å². The number of phenols is 1. The van der Waals surface area contributed by atoms with Crippen LogP contribution in [0.25, 0.3) is 20.9 Å². The van der Waals surface area contributed by atoms with Gasteiger partial charge in [-0.2, -0.15) is 8.78 Å². The van der Waals surface area contributed by atoms with Gasteiger partial charge in [0.25, 0.3) is 0 Å². The number of esters is 1. The molecule has 0 saturated heterocycles. The maximum absolute atomic E-state index is 13.5. The summed E-state index contributed by atoms with van der Waals surface area (Å²) in [7, 11) is 2.43. The van der Waals surface area contributed by atoms with E-state index >= 15 is 0 Å². The number of carboxylic acids is 2. The Hall–Kier alpha value is -5.56. The lowest BCUT2D eigenvalue weighted by Crippen LogP contribution is -2.09. The van der Waals surface area contributed by atoms with Crippen LogP contribution in [0, 0.1) is 23.3 Å². The number of carbonyl (C=O) groups is 4. The fourth-order valence-corrected chi connectivity index (χ4v) is 7.55. The van der Waals surface area contributed by atoms with Crippen LogP contribution in [-0.4, -0.2) is 53.2 Å². The topological polar surface area (TPSA) is 173 Å². The molecule has 0 amide bonds. The van der Waals surface area contributed by atoms with Gasteiger partial charge in [0.1, 0.15) is 11.1 Å². The molecule has 6 aromatic rings. The summed E-state index contributed by atoms with van der Waals surface area (Å²) >= 11 is 9.28. The number of nitrogens with two attached hydrogens (primary N) is 1. The molecule has 0 saturated carbocycles. The molecule has 5 N–H and O–H groups in total. The molecule has 0 aliphatic rings. The van der Waals surface area contributed by atoms with E-state index in [0.29, 0.717) is 21.7 Å². The number of benzene rings is 4. The Kier molecular flexibility index (Phi) is 15.1. The Morgan fingerprint density at radius 1 is 0.684 bits per heavy atom. The van der Waals surface area contributed by atoms with Crippen molar-refractivity contribution in [2.45, 2.75) is 6.42 Å². The number of thiophene rings is 2. The van der Waals surface area contributed by atoms with Crippen LogP contribution in [0.15, 0.2) is 92.5 Å². The SMILES string of the molecule is COC(=O)c1c(N)csc1-c1ccc(Br)cc1.COc1c(C(=O)O)ccc(F)c1F.O=C(Cc1csc(-c2ccc(Br)cc2)c1C(=O)O)c1ccc(F)c(F)c1O. The average molecular weight is 954 g/mol. The van der Waals surface area contributed by atoms with Crippen LogP contribution in [-0.2, 0) is 11.2 Å². The number of hydrogen-bond acceptors (Lipinski definition) is 10. The lowest BCUT2D eigenvalue weighted by Gasteiger charge is -2.06. The van der Waals surface area contributed by atoms with E-state index in [4.69, 9.17) is 15.6 Å². The zero-order chi connectivity index (χ0) is 42.1. The minimum absolute atomic E-state index is 0.0299. The van der Waals surface area contributed by atoms with E-state index in [-0.39, 0.29) is 17.5 Å². The minimum Gasteiger partial charge on any atom is -0.504 e. The first kappa shape index (κ1) is 44.2. The van der Waals surface area contributed by atoms with Gasteiger partial charge in [-0.05, 0) is 70.6 Å². The number of Topliss-reactive ketones (excluding diaryl/α,β-unsaturated/α-hetero) is 1. The van der Waals surface area contributed by atoms with E-state index in [0.717, 1.165) is 50.8 Å². The predicted octanol–water partition coefficient (Wildman–Crippen LogP) is 10.5. The Balaban J connectivity index is 0.000000205. The summed E-state index contributed by atoms with van der Waals surface area (Å²) in [6, 6.07) is 18.1. The van der Waals surface area contributed by atoms with Crippen molar-refractivity contribution >= 4 is 83.9 Å². The molecule has 0 aliphatic carbocycles. The number of carboxylic acid groups (broad SMARTS) is 2. The van der Waals surface area contributed by atoms with E-state index in [1.807, 2.05) is 24.3 Å². The van der Waals surface area contributed by atoms with Gasteiger partial charge in [-0.15, -0.1) is 22.7 Å². The van der Waals surface area contributed by atoms with E-state index in [2.05, 4.69) is 36.6 Å². The zero-order valence-corrected chi connectivity index (χ0v) is 34.0. The Morgan fingerprint density at radius 3 is 1.67 bits per heavy atom. The van der Waals surface area contributed by atoms with Crippen LogP contribution in [0.2, 0.25) is 0 Å². The Bertz CT molecular complexity index is 2460. The van der Waals surface area contributed by atoms with Crippen LogP contribution >= 0.6 is 54.5 Å². The first-order valence-electron chi connectivity index (χ1n) is 15.8. The number of ether oxygens (including phenoxy) is 2. The van der Waals surface area contributed by atoms with Crippen molar-refractivity contribution in [1.82, 2.24) is 0 Å². The fraction of sp³-hybridized carbons (Fsp3) is 0.0769. The number of ketones is 1. The maximum Gasteiger partial charge on any atom is 0.341 e. The number of hydrogen-bond donors (Lipinski definition) is 4. The molecule has 2 aromatic heterocycles. The van der Waals surface area contributed by atoms with Crippen molar-refractivity contribution in [3.8, 4) is 32.4 Å². The van der Waals surface area contributed by atoms with E-state index in [9.17, 15) is 47.0 Å². The first-order chi connectivity index (χ1) is 27.0. The molecule has 0 radical (unpaired) electrons. The largest absolute Gasteiger partial charge is 0.504 e. The molecule has 6 rings (SSSR count). The Labute approximate surface area is 346 Å². The highest BCUT2D eigenvalue weighted by molar-refractivity contribution is 9.10. The van der Waals surface area contributed by atoms with Crippen LogP contribution in [0.4, 0.5) is 23.2 Å². The number of anilines is 1. The maximum atomic E-state index is 13.5. The van der Waals surface area contributed by atoms with Gasteiger partial charge < -0.3 is 30.5 Å². The predicted molar refractivity (Wildman–Crippen MR) is 214 cm³/mol. The molecule has 2 heterocycles. The summed E-state index contributed by atoms with van der Waals surface area (Å²) in [4.78, 5) is 47.6. The molecule has 0 fully saturated rings. The van der Waals surface area contributed by atoms with Gasteiger partial charge in [0, 0.05) is 25.6 Å². The number of halogens is 6. The number of phenolic OH excluding ortho intramolecular Hbond substituents is 1. The van der Waals surface area contributed by atoms with Crippen molar-refractivity contribution in [1.29, 1.82) is 0 Å². The van der Waals surface area contributed by atoms with Gasteiger partial charge in [-0.25, -0.2) is 23.2 Å². The quantitative estimate of drug-likeness (QED) is 0.0621. The van der Waals surface area contributed by atoms with Gasteiger partial charge >= 0.3 is 17.9 Å². The summed E-state index contributed by atoms with van der Waals surface area (Å²) in [5, 5.41) is 31.1. The highest BCUT2D eigenvalue weighted by atomic mass is 79.9. The second-order valence-electron chi connectivity index (χ2n) is 11.3. The van der Waals surface area contributed by atoms with Gasteiger partial charge in [0.15, 0.2) is 28.9 Å². The number of aromatic carboxylic acids is 2. The molecule has 10 nitrogen and oxygen atoms in total. The first-order valence-corrected chi connectivity index (χ1v) is 19.1. The van der Waals surface area contributed by atoms with Crippen molar-refractivity contribution in [2.24, 2.45) is 0 Å². The normalized spacial score (nSPS) is 10.4. The molecule has 0 spiro atoms. The second-order valence-corrected chi connectivity index (χ2v) is 14.9. The molecule has 57 heavy (non-hydrogen) atoms. The highest BCUT2D eigenvalue weighted by Crippen LogP contribution is 2.37. The summed E-state index contributed by atoms with van der Waals surface area (Å²) < 4.78 is 63.0. The molecule has 0 bridgehead atoms. The highest BCUT2D eigenvalue weighted by Gasteiger charge is 2.25. The summed E-state index contributed by atoms with van der Waals surface area (Å²) in [6.07, 6.45) is -0.368. The average Bonchev–Trinajstić information content (AvgIpc) is 3.79. The summed E-state index contributed by atoms with van der Waals surface area (Å²) in [5.41, 5.74) is 7.72. The van der Waals surface area contributed by atoms with Gasteiger partial charge in [-0.1, -0.05) is 56.1 Å². The Morgan fingerprint density at radius 2 is 1.18 bits per heavy atom. The lowest BCUT2D eigenvalue weighted by atomic mass is 9.98. The van der Waals surface area contributed by atoms with Crippen LogP contribution in [0.3, 0.4) is 0 Å². The molecular formula is C39H27Br2F4NO9S2. The minimum atomic E-state index is -1.51. The lowest BCUT2D eigenvalue weighted by molar-refractivity contribution is 0.0601. The van der Waals surface area contributed by atoms with E-state index in [1.54, 1.807) is 29.6 Å². The summed E-state index contributed by atoms with van der Waals surface area (Å²) in [5.74, 6) is -10.6. The third-order valence-corrected chi connectivity index (χ3v) is 10.9. The van der Waals surface area contributed by atoms with Gasteiger partial charge in [-0.3, -0.25) is 4.79 Å². The number of carbonyl (C=O) groups excluding carboxylic acids is 2. The molecule has 0 atom stereocenters. The number of rotatable bonds is 9. The molecule has 0 aliphatic heterocycles. The van der Waals surface area contributed by atoms with Crippen LogP contribution in [0.1, 0.15) is 47.0 Å². The molecular weight excluding hydrogens is 926 g/mol. The number of aromatic hydroxyl groups is 1. The van der Waals surface area contributed by atoms with Crippen LogP contribution in [0.5, 0.6) is 11.5 Å². The smallest absolute Gasteiger partial charge is 0.341 e. The van der Waals surface area contributed by atoms with E-state index < -0.39 is 69.6 Å². The zero-order valence-electron chi connectivity index (χ0n) is 29.2. The van der Waals surface area contributed by atoms with Crippen molar-refractivity contribution in [3.63, 3.8) is 0 Å². The van der Waals surface area contributed by atoms with E-state index in [1.165, 1.54) is 35.2 Å². The van der Waals surface area contributed by atoms with Crippen molar-refractivity contribution in [2.75, 3.05) is 20.0 Å². The molecule has 296 valence electrons. The summed E-state index contributed by atoms with van der Waals surface area (Å²) in [6.45, 7) is 0. The second kappa shape index (κ2) is 19.5. The third-order valence-electron chi connectivity index (χ3n) is 7.71. The van der Waals surface area contributed by atoms with Gasteiger partial charge in [0.05, 0.1) is 35.9 Å². The number of nitrogen functional groups attached to an aromatic ring is 1. The molecule has 4 aromatic carbocycles. The number of methoxy groups -OCH3 is 2. The standard InChI is InChI=1S/C19H11BrF2O4S.C12H10BrNO2S.C8H6F2O3/c20-11-3-1-9(2-4-11)18-15(19(25)26)10(8-27-18)7-14(23)12-5-6-13(21)16(22)17(12)24;1-16-12(15)10-9(14)6-17-11(10)7-2-4-8(13)5-3-7;1-13-7-4(8(11)12)2-3-5(9)6(7)10/h1-6,8,24H,7H2,(H,25,26);2-6H,14H2,1H3;2-3H,1H3,(H,11,12). The van der Waals surface area contributed by atoms with Crippen molar-refractivity contribution in [3.05, 3.63) is 144 Å². The molecule has 0 unspecified atom stereocenters. The fourth-order valence-electron chi connectivity index (χ4n) is 5.00.